The van der Waals surface area contributed by atoms with Crippen molar-refractivity contribution in [3.8, 4) is 0 Å². The number of hydrogen-bond donors (Lipinski definition) is 1. The minimum atomic E-state index is -4.47. The number of carbonyl (C=O) groups excluding carboxylic acids is 1. The molecule has 0 rings (SSSR count). The van der Waals surface area contributed by atoms with E-state index in [4.69, 9.17) is 0 Å². The van der Waals surface area contributed by atoms with Crippen LogP contribution >= 0.6 is 0 Å². The summed E-state index contributed by atoms with van der Waals surface area (Å²) in [6, 6.07) is -0.180. The fourth-order valence-electron chi connectivity index (χ4n) is 0.492. The highest BCUT2D eigenvalue weighted by Crippen LogP contribution is 2.14. The summed E-state index contributed by atoms with van der Waals surface area (Å²) < 4.78 is 38.5. The van der Waals surface area contributed by atoms with E-state index in [0.29, 0.717) is 6.42 Å². The average molecular weight is 199 g/mol. The van der Waals surface area contributed by atoms with Gasteiger partial charge in [-0.3, -0.25) is 0 Å². The van der Waals surface area contributed by atoms with Gasteiger partial charge in [-0.05, 0) is 13.3 Å². The summed E-state index contributed by atoms with van der Waals surface area (Å²) in [4.78, 5) is 10.6. The lowest BCUT2D eigenvalue weighted by molar-refractivity contribution is -0.160. The first kappa shape index (κ1) is 12.1. The first-order chi connectivity index (χ1) is 5.85. The Morgan fingerprint density at radius 2 is 2.08 bits per heavy atom. The molecule has 78 valence electrons. The summed E-state index contributed by atoms with van der Waals surface area (Å²) in [6.45, 7) is 1.93. The second kappa shape index (κ2) is 4.94. The van der Waals surface area contributed by atoms with Crippen molar-refractivity contribution >= 4 is 6.09 Å². The zero-order chi connectivity index (χ0) is 10.5. The van der Waals surface area contributed by atoms with E-state index in [1.54, 1.807) is 13.8 Å². The number of alkyl halides is 3. The molecule has 0 aromatic carbocycles. The Kier molecular flexibility index (Phi) is 4.58. The van der Waals surface area contributed by atoms with Crippen LogP contribution in [0.1, 0.15) is 20.3 Å². The number of hydrogen-bond acceptors (Lipinski definition) is 2. The van der Waals surface area contributed by atoms with E-state index in [-0.39, 0.29) is 6.04 Å². The lowest BCUT2D eigenvalue weighted by Crippen LogP contribution is -2.34. The Morgan fingerprint density at radius 1 is 1.54 bits per heavy atom. The molecule has 0 aliphatic carbocycles. The van der Waals surface area contributed by atoms with Crippen LogP contribution in [-0.4, -0.2) is 24.9 Å². The van der Waals surface area contributed by atoms with Crippen molar-refractivity contribution in [3.05, 3.63) is 0 Å². The van der Waals surface area contributed by atoms with Crippen molar-refractivity contribution in [1.82, 2.24) is 5.32 Å². The quantitative estimate of drug-likeness (QED) is 0.755. The third kappa shape index (κ3) is 7.42. The summed E-state index contributed by atoms with van der Waals surface area (Å²) >= 11 is 0. The maximum atomic E-state index is 11.5. The van der Waals surface area contributed by atoms with Gasteiger partial charge in [0.1, 0.15) is 0 Å². The van der Waals surface area contributed by atoms with E-state index in [1.165, 1.54) is 0 Å². The third-order valence-corrected chi connectivity index (χ3v) is 1.34. The van der Waals surface area contributed by atoms with Crippen LogP contribution in [0.5, 0.6) is 0 Å². The number of nitrogens with one attached hydrogen (secondary N) is 1. The molecule has 0 aromatic heterocycles. The van der Waals surface area contributed by atoms with Crippen molar-refractivity contribution in [2.75, 3.05) is 6.61 Å². The van der Waals surface area contributed by atoms with Crippen molar-refractivity contribution in [2.24, 2.45) is 0 Å². The second-order valence-electron chi connectivity index (χ2n) is 2.64. The van der Waals surface area contributed by atoms with Crippen LogP contribution in [-0.2, 0) is 4.74 Å². The number of amides is 1. The predicted molar refractivity (Wildman–Crippen MR) is 40.3 cm³/mol. The van der Waals surface area contributed by atoms with Crippen LogP contribution < -0.4 is 5.32 Å². The van der Waals surface area contributed by atoms with Gasteiger partial charge < -0.3 is 10.1 Å². The predicted octanol–water partition coefficient (Wildman–Crippen LogP) is 2.07. The summed E-state index contributed by atoms with van der Waals surface area (Å²) in [6.07, 6.45) is -4.86. The van der Waals surface area contributed by atoms with E-state index in [9.17, 15) is 18.0 Å². The standard InChI is InChI=1S/C7H12F3NO2/c1-3-5(2)11-6(12)13-4-7(8,9)10/h5H,3-4H2,1-2H3,(H,11,12)/t5-/m0/s1. The van der Waals surface area contributed by atoms with E-state index in [1.807, 2.05) is 0 Å². The Hall–Kier alpha value is -0.940. The zero-order valence-electron chi connectivity index (χ0n) is 7.44. The largest absolute Gasteiger partial charge is 0.440 e. The molecule has 0 aliphatic rings. The van der Waals surface area contributed by atoms with Gasteiger partial charge in [0.05, 0.1) is 0 Å². The number of ether oxygens (including phenoxy) is 1. The summed E-state index contributed by atoms with van der Waals surface area (Å²) in [5, 5.41) is 2.24. The Balaban J connectivity index is 3.64. The third-order valence-electron chi connectivity index (χ3n) is 1.34. The van der Waals surface area contributed by atoms with Crippen molar-refractivity contribution in [3.63, 3.8) is 0 Å². The molecule has 3 nitrogen and oxygen atoms in total. The molecule has 1 amide bonds. The van der Waals surface area contributed by atoms with Crippen molar-refractivity contribution in [1.29, 1.82) is 0 Å². The smallest absolute Gasteiger partial charge is 0.422 e. The van der Waals surface area contributed by atoms with E-state index >= 15 is 0 Å². The minimum absolute atomic E-state index is 0.180. The van der Waals surface area contributed by atoms with Gasteiger partial charge in [0.2, 0.25) is 0 Å². The van der Waals surface area contributed by atoms with Gasteiger partial charge in [-0.2, -0.15) is 13.2 Å². The molecule has 1 atom stereocenters. The highest BCUT2D eigenvalue weighted by molar-refractivity contribution is 5.67. The van der Waals surface area contributed by atoms with Gasteiger partial charge in [0, 0.05) is 6.04 Å². The first-order valence-electron chi connectivity index (χ1n) is 3.85. The van der Waals surface area contributed by atoms with Gasteiger partial charge in [-0.1, -0.05) is 6.92 Å². The van der Waals surface area contributed by atoms with E-state index < -0.39 is 18.9 Å². The Labute approximate surface area is 74.3 Å². The highest BCUT2D eigenvalue weighted by atomic mass is 19.4. The van der Waals surface area contributed by atoms with E-state index in [0.717, 1.165) is 0 Å². The molecule has 0 aromatic rings. The minimum Gasteiger partial charge on any atom is -0.440 e. The molecule has 0 saturated carbocycles. The molecule has 13 heavy (non-hydrogen) atoms. The molecule has 0 fully saturated rings. The lowest BCUT2D eigenvalue weighted by Gasteiger charge is -2.12. The summed E-state index contributed by atoms with van der Waals surface area (Å²) in [5.41, 5.74) is 0. The topological polar surface area (TPSA) is 38.3 Å². The monoisotopic (exact) mass is 199 g/mol. The molecule has 0 aliphatic heterocycles. The van der Waals surface area contributed by atoms with E-state index in [2.05, 4.69) is 10.1 Å². The Bertz CT molecular complexity index is 170. The van der Waals surface area contributed by atoms with Crippen LogP contribution in [0.2, 0.25) is 0 Å². The zero-order valence-corrected chi connectivity index (χ0v) is 7.44. The lowest BCUT2D eigenvalue weighted by atomic mass is 10.3. The number of halogens is 3. The van der Waals surface area contributed by atoms with Crippen LogP contribution in [0, 0.1) is 0 Å². The average Bonchev–Trinajstić information content (AvgIpc) is 1.99. The van der Waals surface area contributed by atoms with Crippen LogP contribution in [0.3, 0.4) is 0 Å². The summed E-state index contributed by atoms with van der Waals surface area (Å²) in [5.74, 6) is 0. The molecule has 1 N–H and O–H groups in total. The number of rotatable bonds is 3. The maximum absolute atomic E-state index is 11.5. The van der Waals surface area contributed by atoms with Gasteiger partial charge in [0.25, 0.3) is 0 Å². The molecule has 0 saturated heterocycles. The normalized spacial score (nSPS) is 13.6. The summed E-state index contributed by atoms with van der Waals surface area (Å²) in [7, 11) is 0. The molecular weight excluding hydrogens is 187 g/mol. The number of carbonyl (C=O) groups is 1. The molecule has 6 heteroatoms. The molecule has 0 unspecified atom stereocenters. The van der Waals surface area contributed by atoms with Crippen LogP contribution in [0.15, 0.2) is 0 Å². The fraction of sp³-hybridized carbons (Fsp3) is 0.857. The highest BCUT2D eigenvalue weighted by Gasteiger charge is 2.29. The molecule has 0 heterocycles. The number of alkyl carbamates (subject to hydrolysis) is 1. The molecule has 0 radical (unpaired) electrons. The SMILES string of the molecule is CC[C@H](C)NC(=O)OCC(F)(F)F. The Morgan fingerprint density at radius 3 is 2.46 bits per heavy atom. The molecular formula is C7H12F3NO2. The maximum Gasteiger partial charge on any atom is 0.422 e. The second-order valence-corrected chi connectivity index (χ2v) is 2.64. The van der Waals surface area contributed by atoms with Crippen LogP contribution in [0.4, 0.5) is 18.0 Å². The van der Waals surface area contributed by atoms with Crippen molar-refractivity contribution in [2.45, 2.75) is 32.5 Å². The van der Waals surface area contributed by atoms with Gasteiger partial charge >= 0.3 is 12.3 Å². The van der Waals surface area contributed by atoms with Gasteiger partial charge in [-0.15, -0.1) is 0 Å². The first-order valence-corrected chi connectivity index (χ1v) is 3.85. The van der Waals surface area contributed by atoms with Crippen molar-refractivity contribution < 1.29 is 22.7 Å². The fourth-order valence-corrected chi connectivity index (χ4v) is 0.492. The van der Waals surface area contributed by atoms with Gasteiger partial charge in [0.15, 0.2) is 6.61 Å². The van der Waals surface area contributed by atoms with Gasteiger partial charge in [-0.25, -0.2) is 4.79 Å². The van der Waals surface area contributed by atoms with Crippen LogP contribution in [0.25, 0.3) is 0 Å². The molecule has 0 spiro atoms. The molecule has 0 bridgehead atoms.